The zero-order valence-electron chi connectivity index (χ0n) is 25.1. The summed E-state index contributed by atoms with van der Waals surface area (Å²) < 4.78 is 5.16. The third-order valence-electron chi connectivity index (χ3n) is 7.20. The van der Waals surface area contributed by atoms with Gasteiger partial charge in [0, 0.05) is 30.7 Å². The molecule has 6 nitrogen and oxygen atoms in total. The molecule has 2 aliphatic rings. The van der Waals surface area contributed by atoms with Crippen LogP contribution in [0.3, 0.4) is 0 Å². The lowest BCUT2D eigenvalue weighted by molar-refractivity contribution is -0.144. The number of carbonyl (C=O) groups is 2. The van der Waals surface area contributed by atoms with Crippen LogP contribution in [-0.4, -0.2) is 47.5 Å². The fourth-order valence-corrected chi connectivity index (χ4v) is 5.33. The third kappa shape index (κ3) is 9.92. The molecule has 1 N–H and O–H groups in total. The number of anilines is 1. The van der Waals surface area contributed by atoms with E-state index in [1.807, 2.05) is 58.6 Å². The van der Waals surface area contributed by atoms with Crippen molar-refractivity contribution < 1.29 is 14.3 Å². The van der Waals surface area contributed by atoms with Crippen LogP contribution in [0.4, 0.5) is 5.82 Å². The number of nitrogens with one attached hydrogen (secondary N) is 1. The molecule has 0 bridgehead atoms. The van der Waals surface area contributed by atoms with Crippen molar-refractivity contribution >= 4 is 17.7 Å². The van der Waals surface area contributed by atoms with E-state index in [4.69, 9.17) is 9.72 Å². The molecule has 1 amide bonds. The second kappa shape index (κ2) is 18.6. The molecule has 0 aromatic carbocycles. The number of aromatic nitrogens is 1. The Hall–Kier alpha value is -2.63. The summed E-state index contributed by atoms with van der Waals surface area (Å²) in [4.78, 5) is 32.0. The van der Waals surface area contributed by atoms with Gasteiger partial charge in [0.05, 0.1) is 13.0 Å². The largest absolute Gasteiger partial charge is 0.466 e. The van der Waals surface area contributed by atoms with Crippen molar-refractivity contribution in [3.05, 3.63) is 47.7 Å². The Labute approximate surface area is 232 Å². The molecule has 3 heterocycles. The average Bonchev–Trinajstić information content (AvgIpc) is 3.22. The van der Waals surface area contributed by atoms with Crippen molar-refractivity contribution in [3.63, 3.8) is 0 Å². The van der Waals surface area contributed by atoms with Gasteiger partial charge in [0.25, 0.3) is 0 Å². The molecule has 0 radical (unpaired) electrons. The first-order valence-corrected chi connectivity index (χ1v) is 14.9. The van der Waals surface area contributed by atoms with Crippen LogP contribution in [0, 0.1) is 11.8 Å². The van der Waals surface area contributed by atoms with E-state index in [0.717, 1.165) is 75.1 Å². The zero-order chi connectivity index (χ0) is 28.5. The van der Waals surface area contributed by atoms with E-state index in [1.54, 1.807) is 0 Å². The van der Waals surface area contributed by atoms with Crippen molar-refractivity contribution in [2.45, 2.75) is 106 Å². The fourth-order valence-electron chi connectivity index (χ4n) is 5.33. The van der Waals surface area contributed by atoms with Gasteiger partial charge in [-0.2, -0.15) is 0 Å². The Morgan fingerprint density at radius 1 is 1.29 bits per heavy atom. The van der Waals surface area contributed by atoms with Crippen LogP contribution in [-0.2, 0) is 27.2 Å². The molecule has 2 aliphatic heterocycles. The van der Waals surface area contributed by atoms with Crippen LogP contribution in [0.1, 0.15) is 98.2 Å². The number of carbonyl (C=O) groups excluding carboxylic acids is 2. The number of allylic oxidation sites excluding steroid dienone is 3. The Kier molecular flexibility index (Phi) is 16.3. The van der Waals surface area contributed by atoms with Crippen molar-refractivity contribution in [1.82, 2.24) is 9.88 Å². The van der Waals surface area contributed by atoms with Crippen molar-refractivity contribution in [3.8, 4) is 0 Å². The molecule has 3 unspecified atom stereocenters. The summed E-state index contributed by atoms with van der Waals surface area (Å²) in [6.07, 6.45) is 10.7. The van der Waals surface area contributed by atoms with Gasteiger partial charge in [-0.05, 0) is 88.8 Å². The lowest BCUT2D eigenvalue weighted by Gasteiger charge is -2.24. The first-order chi connectivity index (χ1) is 18.5. The molecule has 3 atom stereocenters. The van der Waals surface area contributed by atoms with Crippen LogP contribution >= 0.6 is 0 Å². The minimum absolute atomic E-state index is 0.0652. The molecule has 1 aromatic heterocycles. The lowest BCUT2D eigenvalue weighted by atomic mass is 9.90. The number of rotatable bonds is 12. The van der Waals surface area contributed by atoms with Gasteiger partial charge in [0.15, 0.2) is 0 Å². The standard InChI is InChI=1S/C28H41N3O3.2C2H6/c1-5-21(6-2)23(19-26(32)34-7-3)11-9-17-31-20(4)18-24(28(31)33)13-15-25-14-12-22-10-8-16-29-27(22)30-25;2*1-2/h5-6,12,14,20,23-24H,1,7-11,13,15-19H2,2-4H3,(H,29,30);2*1-2H3/b21-6+;;. The highest BCUT2D eigenvalue weighted by Crippen LogP contribution is 2.30. The number of amides is 1. The molecule has 3 rings (SSSR count). The summed E-state index contributed by atoms with van der Waals surface area (Å²) in [6, 6.07) is 4.55. The van der Waals surface area contributed by atoms with Gasteiger partial charge in [-0.15, -0.1) is 0 Å². The average molecular weight is 528 g/mol. The third-order valence-corrected chi connectivity index (χ3v) is 7.20. The number of hydrogen-bond acceptors (Lipinski definition) is 5. The minimum Gasteiger partial charge on any atom is -0.466 e. The van der Waals surface area contributed by atoms with Gasteiger partial charge in [-0.1, -0.05) is 52.5 Å². The van der Waals surface area contributed by atoms with Crippen LogP contribution < -0.4 is 5.32 Å². The predicted molar refractivity (Wildman–Crippen MR) is 159 cm³/mol. The Morgan fingerprint density at radius 3 is 2.68 bits per heavy atom. The van der Waals surface area contributed by atoms with Gasteiger partial charge in [-0.25, -0.2) is 4.98 Å². The van der Waals surface area contributed by atoms with E-state index >= 15 is 0 Å². The predicted octanol–water partition coefficient (Wildman–Crippen LogP) is 7.14. The van der Waals surface area contributed by atoms with E-state index in [1.165, 1.54) is 5.56 Å². The number of likely N-dealkylation sites (tertiary alicyclic amines) is 1. The molecule has 0 aliphatic carbocycles. The van der Waals surface area contributed by atoms with E-state index < -0.39 is 0 Å². The number of ether oxygens (including phenoxy) is 1. The highest BCUT2D eigenvalue weighted by Gasteiger charge is 2.36. The van der Waals surface area contributed by atoms with E-state index in [2.05, 4.69) is 31.0 Å². The van der Waals surface area contributed by atoms with Crippen molar-refractivity contribution in [2.75, 3.05) is 25.0 Å². The van der Waals surface area contributed by atoms with E-state index in [0.29, 0.717) is 13.0 Å². The van der Waals surface area contributed by atoms with Gasteiger partial charge in [0.2, 0.25) is 5.91 Å². The smallest absolute Gasteiger partial charge is 0.306 e. The van der Waals surface area contributed by atoms with Gasteiger partial charge in [0.1, 0.15) is 5.82 Å². The lowest BCUT2D eigenvalue weighted by Crippen LogP contribution is -2.33. The maximum absolute atomic E-state index is 13.1. The van der Waals surface area contributed by atoms with E-state index in [9.17, 15) is 9.59 Å². The Balaban J connectivity index is 0.00000172. The SMILES string of the molecule is C=C/C(=C\C)C(CCCN1C(=O)C(CCc2ccc3c(n2)NCCC3)CC1C)CC(=O)OCC.CC.CC. The molecule has 1 saturated heterocycles. The van der Waals surface area contributed by atoms with Crippen molar-refractivity contribution in [2.24, 2.45) is 11.8 Å². The first kappa shape index (κ1) is 33.4. The second-order valence-electron chi connectivity index (χ2n) is 9.53. The number of pyridine rings is 1. The van der Waals surface area contributed by atoms with Crippen LogP contribution in [0.5, 0.6) is 0 Å². The Bertz CT molecular complexity index is 896. The van der Waals surface area contributed by atoms with Gasteiger partial charge >= 0.3 is 5.97 Å². The van der Waals surface area contributed by atoms with Crippen LogP contribution in [0.25, 0.3) is 0 Å². The molecular weight excluding hydrogens is 474 g/mol. The molecule has 38 heavy (non-hydrogen) atoms. The second-order valence-corrected chi connectivity index (χ2v) is 9.53. The molecular formula is C32H53N3O3. The van der Waals surface area contributed by atoms with Crippen LogP contribution in [0.15, 0.2) is 36.4 Å². The molecule has 1 fully saturated rings. The topological polar surface area (TPSA) is 71.5 Å². The number of aryl methyl sites for hydroxylation is 2. The number of hydrogen-bond donors (Lipinski definition) is 1. The van der Waals surface area contributed by atoms with Gasteiger partial charge in [-0.3, -0.25) is 9.59 Å². The van der Waals surface area contributed by atoms with Crippen LogP contribution in [0.2, 0.25) is 0 Å². The Morgan fingerprint density at radius 2 is 2.03 bits per heavy atom. The highest BCUT2D eigenvalue weighted by atomic mass is 16.5. The number of esters is 1. The van der Waals surface area contributed by atoms with E-state index in [-0.39, 0.29) is 29.8 Å². The summed E-state index contributed by atoms with van der Waals surface area (Å²) >= 11 is 0. The summed E-state index contributed by atoms with van der Waals surface area (Å²) in [6.45, 7) is 20.0. The summed E-state index contributed by atoms with van der Waals surface area (Å²) in [5, 5.41) is 3.40. The number of fused-ring (bicyclic) bond motifs is 1. The highest BCUT2D eigenvalue weighted by molar-refractivity contribution is 5.81. The first-order valence-electron chi connectivity index (χ1n) is 14.9. The van der Waals surface area contributed by atoms with Gasteiger partial charge < -0.3 is 15.0 Å². The zero-order valence-corrected chi connectivity index (χ0v) is 25.1. The normalized spacial score (nSPS) is 19.2. The molecule has 0 saturated carbocycles. The molecule has 0 spiro atoms. The molecule has 214 valence electrons. The monoisotopic (exact) mass is 527 g/mol. The summed E-state index contributed by atoms with van der Waals surface area (Å²) in [5.41, 5.74) is 3.43. The summed E-state index contributed by atoms with van der Waals surface area (Å²) in [7, 11) is 0. The molecule has 6 heteroatoms. The summed E-state index contributed by atoms with van der Waals surface area (Å²) in [5.74, 6) is 1.25. The maximum Gasteiger partial charge on any atom is 0.306 e. The molecule has 1 aromatic rings. The number of nitrogens with zero attached hydrogens (tertiary/aromatic N) is 2. The quantitative estimate of drug-likeness (QED) is 0.231. The maximum atomic E-state index is 13.1. The fraction of sp³-hybridized carbons (Fsp3) is 0.656. The van der Waals surface area contributed by atoms with Crippen molar-refractivity contribution in [1.29, 1.82) is 0 Å². The minimum atomic E-state index is -0.176.